The van der Waals surface area contributed by atoms with E-state index in [-0.39, 0.29) is 0 Å². The Balaban J connectivity index is 1.96. The molecule has 1 aromatic heterocycles. The van der Waals surface area contributed by atoms with Gasteiger partial charge in [-0.3, -0.25) is 0 Å². The maximum atomic E-state index is 5.54. The minimum atomic E-state index is 0.538. The Labute approximate surface area is 78.4 Å². The molecular formula is C10H15N3. The first kappa shape index (κ1) is 8.35. The molecule has 2 rings (SSSR count). The van der Waals surface area contributed by atoms with Gasteiger partial charge in [0, 0.05) is 6.04 Å². The van der Waals surface area contributed by atoms with Crippen molar-refractivity contribution in [1.82, 2.24) is 4.98 Å². The molecule has 1 atom stereocenters. The van der Waals surface area contributed by atoms with E-state index in [1.165, 1.54) is 12.8 Å². The van der Waals surface area contributed by atoms with Gasteiger partial charge in [-0.15, -0.1) is 0 Å². The number of pyridine rings is 1. The van der Waals surface area contributed by atoms with E-state index in [9.17, 15) is 0 Å². The molecule has 0 spiro atoms. The second-order valence-electron chi connectivity index (χ2n) is 3.75. The van der Waals surface area contributed by atoms with E-state index in [1.807, 2.05) is 12.1 Å². The lowest BCUT2D eigenvalue weighted by Crippen LogP contribution is -2.17. The third-order valence-electron chi connectivity index (χ3n) is 2.49. The largest absolute Gasteiger partial charge is 0.397 e. The maximum Gasteiger partial charge on any atom is 0.126 e. The lowest BCUT2D eigenvalue weighted by Gasteiger charge is -2.12. The molecule has 0 saturated heterocycles. The Kier molecular flexibility index (Phi) is 2.08. The van der Waals surface area contributed by atoms with E-state index in [4.69, 9.17) is 5.73 Å². The van der Waals surface area contributed by atoms with Gasteiger partial charge in [0.2, 0.25) is 0 Å². The Morgan fingerprint density at radius 3 is 2.85 bits per heavy atom. The van der Waals surface area contributed by atoms with E-state index < -0.39 is 0 Å². The molecule has 1 aliphatic carbocycles. The summed E-state index contributed by atoms with van der Waals surface area (Å²) >= 11 is 0. The van der Waals surface area contributed by atoms with E-state index in [2.05, 4.69) is 17.2 Å². The molecule has 0 radical (unpaired) electrons. The van der Waals surface area contributed by atoms with Crippen LogP contribution in [0.25, 0.3) is 0 Å². The van der Waals surface area contributed by atoms with Crippen LogP contribution in [0.1, 0.15) is 19.8 Å². The second-order valence-corrected chi connectivity index (χ2v) is 3.75. The summed E-state index contributed by atoms with van der Waals surface area (Å²) in [7, 11) is 0. The van der Waals surface area contributed by atoms with Crippen LogP contribution < -0.4 is 11.1 Å². The number of nitrogens with zero attached hydrogens (tertiary/aromatic N) is 1. The van der Waals surface area contributed by atoms with Crippen molar-refractivity contribution in [2.75, 3.05) is 11.1 Å². The number of anilines is 2. The van der Waals surface area contributed by atoms with Gasteiger partial charge in [0.15, 0.2) is 0 Å². The van der Waals surface area contributed by atoms with Crippen LogP contribution in [0.15, 0.2) is 18.3 Å². The van der Waals surface area contributed by atoms with Crippen LogP contribution in [-0.4, -0.2) is 11.0 Å². The van der Waals surface area contributed by atoms with Gasteiger partial charge in [0.1, 0.15) is 5.82 Å². The van der Waals surface area contributed by atoms with Crippen LogP contribution in [0.4, 0.5) is 11.5 Å². The first-order chi connectivity index (χ1) is 6.25. The van der Waals surface area contributed by atoms with E-state index in [1.54, 1.807) is 6.20 Å². The number of aromatic nitrogens is 1. The summed E-state index contributed by atoms with van der Waals surface area (Å²) in [4.78, 5) is 4.19. The molecule has 3 nitrogen and oxygen atoms in total. The fraction of sp³-hybridized carbons (Fsp3) is 0.500. The van der Waals surface area contributed by atoms with Crippen molar-refractivity contribution >= 4 is 11.5 Å². The molecule has 0 bridgehead atoms. The Morgan fingerprint density at radius 2 is 2.31 bits per heavy atom. The number of rotatable bonds is 3. The van der Waals surface area contributed by atoms with Crippen LogP contribution >= 0.6 is 0 Å². The Hall–Kier alpha value is -1.25. The molecule has 13 heavy (non-hydrogen) atoms. The summed E-state index contributed by atoms with van der Waals surface area (Å²) < 4.78 is 0. The fourth-order valence-corrected chi connectivity index (χ4v) is 1.44. The molecular weight excluding hydrogens is 162 g/mol. The summed E-state index contributed by atoms with van der Waals surface area (Å²) in [6.45, 7) is 2.20. The third-order valence-corrected chi connectivity index (χ3v) is 2.49. The molecule has 1 saturated carbocycles. The summed E-state index contributed by atoms with van der Waals surface area (Å²) in [6, 6.07) is 4.33. The molecule has 3 N–H and O–H groups in total. The van der Waals surface area contributed by atoms with Crippen molar-refractivity contribution in [2.24, 2.45) is 5.92 Å². The molecule has 1 fully saturated rings. The maximum absolute atomic E-state index is 5.54. The van der Waals surface area contributed by atoms with E-state index in [0.29, 0.717) is 11.7 Å². The van der Waals surface area contributed by atoms with Gasteiger partial charge in [-0.1, -0.05) is 0 Å². The second kappa shape index (κ2) is 3.24. The number of hydrogen-bond donors (Lipinski definition) is 2. The summed E-state index contributed by atoms with van der Waals surface area (Å²) in [5.74, 6) is 1.77. The fourth-order valence-electron chi connectivity index (χ4n) is 1.44. The molecule has 1 heterocycles. The molecule has 0 aromatic carbocycles. The van der Waals surface area contributed by atoms with Gasteiger partial charge < -0.3 is 11.1 Å². The Morgan fingerprint density at radius 1 is 1.54 bits per heavy atom. The quantitative estimate of drug-likeness (QED) is 0.741. The Bertz CT molecular complexity index is 277. The molecule has 1 aromatic rings. The lowest BCUT2D eigenvalue weighted by molar-refractivity contribution is 0.691. The zero-order chi connectivity index (χ0) is 9.26. The average molecular weight is 177 g/mol. The standard InChI is InChI=1S/C10H15N3/c1-7(8-2-3-8)13-10-5-4-9(11)6-12-10/h4-8H,2-3,11H2,1H3,(H,12,13). The average Bonchev–Trinajstić information content (AvgIpc) is 2.91. The van der Waals surface area contributed by atoms with Gasteiger partial charge in [-0.25, -0.2) is 4.98 Å². The number of nitrogen functional groups attached to an aromatic ring is 1. The molecule has 1 aliphatic rings. The zero-order valence-corrected chi connectivity index (χ0v) is 7.83. The van der Waals surface area contributed by atoms with Crippen molar-refractivity contribution in [1.29, 1.82) is 0 Å². The molecule has 70 valence electrons. The highest BCUT2D eigenvalue weighted by atomic mass is 15.0. The molecule has 3 heteroatoms. The number of hydrogen-bond acceptors (Lipinski definition) is 3. The topological polar surface area (TPSA) is 50.9 Å². The summed E-state index contributed by atoms with van der Waals surface area (Å²) in [6.07, 6.45) is 4.38. The van der Waals surface area contributed by atoms with Gasteiger partial charge in [0.05, 0.1) is 11.9 Å². The predicted octanol–water partition coefficient (Wildman–Crippen LogP) is 1.87. The first-order valence-corrected chi connectivity index (χ1v) is 4.74. The smallest absolute Gasteiger partial charge is 0.126 e. The molecule has 0 amide bonds. The predicted molar refractivity (Wildman–Crippen MR) is 54.5 cm³/mol. The normalized spacial score (nSPS) is 18.2. The van der Waals surface area contributed by atoms with Crippen LogP contribution in [-0.2, 0) is 0 Å². The van der Waals surface area contributed by atoms with Gasteiger partial charge >= 0.3 is 0 Å². The van der Waals surface area contributed by atoms with Gasteiger partial charge in [0.25, 0.3) is 0 Å². The van der Waals surface area contributed by atoms with Crippen molar-refractivity contribution in [3.05, 3.63) is 18.3 Å². The van der Waals surface area contributed by atoms with Crippen molar-refractivity contribution in [3.63, 3.8) is 0 Å². The first-order valence-electron chi connectivity index (χ1n) is 4.74. The highest BCUT2D eigenvalue weighted by Gasteiger charge is 2.27. The van der Waals surface area contributed by atoms with Crippen LogP contribution in [0, 0.1) is 5.92 Å². The number of nitrogens with one attached hydrogen (secondary N) is 1. The highest BCUT2D eigenvalue weighted by Crippen LogP contribution is 2.33. The zero-order valence-electron chi connectivity index (χ0n) is 7.83. The molecule has 0 aliphatic heterocycles. The van der Waals surface area contributed by atoms with Crippen LogP contribution in [0.2, 0.25) is 0 Å². The summed E-state index contributed by atoms with van der Waals surface area (Å²) in [5, 5.41) is 3.36. The molecule has 1 unspecified atom stereocenters. The third kappa shape index (κ3) is 2.11. The van der Waals surface area contributed by atoms with E-state index in [0.717, 1.165) is 11.7 Å². The minimum Gasteiger partial charge on any atom is -0.397 e. The van der Waals surface area contributed by atoms with Gasteiger partial charge in [-0.2, -0.15) is 0 Å². The SMILES string of the molecule is CC(Nc1ccc(N)cn1)C1CC1. The van der Waals surface area contributed by atoms with E-state index >= 15 is 0 Å². The monoisotopic (exact) mass is 177 g/mol. The van der Waals surface area contributed by atoms with Crippen molar-refractivity contribution in [3.8, 4) is 0 Å². The van der Waals surface area contributed by atoms with Gasteiger partial charge in [-0.05, 0) is 37.8 Å². The summed E-state index contributed by atoms with van der Waals surface area (Å²) in [5.41, 5.74) is 6.25. The number of nitrogens with two attached hydrogens (primary N) is 1. The van der Waals surface area contributed by atoms with Crippen LogP contribution in [0.5, 0.6) is 0 Å². The highest BCUT2D eigenvalue weighted by molar-refractivity contribution is 5.44. The lowest BCUT2D eigenvalue weighted by atomic mass is 10.2. The van der Waals surface area contributed by atoms with Crippen molar-refractivity contribution in [2.45, 2.75) is 25.8 Å². The van der Waals surface area contributed by atoms with Crippen LogP contribution in [0.3, 0.4) is 0 Å². The van der Waals surface area contributed by atoms with Crippen molar-refractivity contribution < 1.29 is 0 Å². The minimum absolute atomic E-state index is 0.538.